The van der Waals surface area contributed by atoms with Gasteiger partial charge in [0.05, 0.1) is 18.5 Å². The summed E-state index contributed by atoms with van der Waals surface area (Å²) in [5.41, 5.74) is 0.181. The minimum absolute atomic E-state index is 0.102. The average Bonchev–Trinajstić information content (AvgIpc) is 2.91. The van der Waals surface area contributed by atoms with E-state index in [0.717, 1.165) is 0 Å². The van der Waals surface area contributed by atoms with E-state index in [-0.39, 0.29) is 18.0 Å². The van der Waals surface area contributed by atoms with E-state index in [2.05, 4.69) is 10.6 Å². The van der Waals surface area contributed by atoms with Crippen LogP contribution in [0.5, 0.6) is 5.75 Å². The standard InChI is InChI=1S/C13H12N2O4/c16-11-6-2-1-5-10(11)15-13(18)12(17)14-8-9-4-3-7-19-9/h1-7,16H,8H2,(H,14,17)(H,15,18). The van der Waals surface area contributed by atoms with Crippen LogP contribution in [0.1, 0.15) is 5.76 Å². The van der Waals surface area contributed by atoms with Crippen molar-refractivity contribution in [2.45, 2.75) is 6.54 Å². The first-order valence-electron chi connectivity index (χ1n) is 5.56. The number of aromatic hydroxyl groups is 1. The maximum absolute atomic E-state index is 11.6. The van der Waals surface area contributed by atoms with Crippen LogP contribution in [0.4, 0.5) is 5.69 Å². The van der Waals surface area contributed by atoms with E-state index in [0.29, 0.717) is 5.76 Å². The Balaban J connectivity index is 1.89. The Morgan fingerprint density at radius 1 is 1.11 bits per heavy atom. The molecule has 19 heavy (non-hydrogen) atoms. The summed E-state index contributed by atoms with van der Waals surface area (Å²) in [6.07, 6.45) is 1.48. The molecule has 2 amide bonds. The molecule has 0 unspecified atom stereocenters. The molecule has 0 aliphatic rings. The van der Waals surface area contributed by atoms with Gasteiger partial charge in [0, 0.05) is 0 Å². The molecule has 0 fully saturated rings. The molecule has 0 radical (unpaired) electrons. The van der Waals surface area contributed by atoms with E-state index in [1.165, 1.54) is 18.4 Å². The van der Waals surface area contributed by atoms with Crippen LogP contribution in [0.2, 0.25) is 0 Å². The monoisotopic (exact) mass is 260 g/mol. The molecular formula is C13H12N2O4. The molecule has 2 aromatic rings. The molecule has 0 bridgehead atoms. The summed E-state index contributed by atoms with van der Waals surface area (Å²) in [6.45, 7) is 0.125. The second-order valence-corrected chi connectivity index (χ2v) is 3.73. The molecule has 1 aromatic carbocycles. The summed E-state index contributed by atoms with van der Waals surface area (Å²) in [6, 6.07) is 9.52. The van der Waals surface area contributed by atoms with Crippen LogP contribution in [-0.4, -0.2) is 16.9 Å². The fraction of sp³-hybridized carbons (Fsp3) is 0.0769. The molecule has 98 valence electrons. The highest BCUT2D eigenvalue weighted by Crippen LogP contribution is 2.21. The van der Waals surface area contributed by atoms with Crippen molar-refractivity contribution in [1.82, 2.24) is 5.32 Å². The number of carbonyl (C=O) groups is 2. The maximum Gasteiger partial charge on any atom is 0.313 e. The van der Waals surface area contributed by atoms with Gasteiger partial charge in [-0.05, 0) is 24.3 Å². The average molecular weight is 260 g/mol. The lowest BCUT2D eigenvalue weighted by molar-refractivity contribution is -0.136. The molecule has 0 atom stereocenters. The molecule has 2 rings (SSSR count). The lowest BCUT2D eigenvalue weighted by Crippen LogP contribution is -2.34. The second-order valence-electron chi connectivity index (χ2n) is 3.73. The second kappa shape index (κ2) is 5.72. The number of hydrogen-bond acceptors (Lipinski definition) is 4. The number of phenolic OH excluding ortho intramolecular Hbond substituents is 1. The minimum Gasteiger partial charge on any atom is -0.506 e. The Morgan fingerprint density at radius 3 is 2.58 bits per heavy atom. The van der Waals surface area contributed by atoms with Crippen molar-refractivity contribution in [2.24, 2.45) is 0 Å². The van der Waals surface area contributed by atoms with Crippen LogP contribution >= 0.6 is 0 Å². The van der Waals surface area contributed by atoms with Crippen molar-refractivity contribution in [3.05, 3.63) is 48.4 Å². The number of hydrogen-bond donors (Lipinski definition) is 3. The van der Waals surface area contributed by atoms with E-state index in [9.17, 15) is 14.7 Å². The topological polar surface area (TPSA) is 91.6 Å². The van der Waals surface area contributed by atoms with Gasteiger partial charge < -0.3 is 20.2 Å². The number of amides is 2. The number of rotatable bonds is 3. The molecule has 0 aliphatic heterocycles. The molecule has 3 N–H and O–H groups in total. The third-order valence-corrected chi connectivity index (χ3v) is 2.36. The first-order chi connectivity index (χ1) is 9.16. The van der Waals surface area contributed by atoms with E-state index in [1.807, 2.05) is 0 Å². The summed E-state index contributed by atoms with van der Waals surface area (Å²) in [5, 5.41) is 14.2. The molecule has 0 spiro atoms. The van der Waals surface area contributed by atoms with Gasteiger partial charge in [0.2, 0.25) is 0 Å². The predicted molar refractivity (Wildman–Crippen MR) is 67.3 cm³/mol. The fourth-order valence-corrected chi connectivity index (χ4v) is 1.42. The van der Waals surface area contributed by atoms with Crippen LogP contribution in [0.25, 0.3) is 0 Å². The smallest absolute Gasteiger partial charge is 0.313 e. The first kappa shape index (κ1) is 12.7. The van der Waals surface area contributed by atoms with E-state index < -0.39 is 11.8 Å². The van der Waals surface area contributed by atoms with Crippen molar-refractivity contribution in [3.63, 3.8) is 0 Å². The van der Waals surface area contributed by atoms with E-state index >= 15 is 0 Å². The number of carbonyl (C=O) groups excluding carboxylic acids is 2. The number of anilines is 1. The van der Waals surface area contributed by atoms with Crippen molar-refractivity contribution >= 4 is 17.5 Å². The fourth-order valence-electron chi connectivity index (χ4n) is 1.42. The summed E-state index contributed by atoms with van der Waals surface area (Å²) in [7, 11) is 0. The normalized spacial score (nSPS) is 9.89. The highest BCUT2D eigenvalue weighted by Gasteiger charge is 2.15. The van der Waals surface area contributed by atoms with Gasteiger partial charge in [-0.1, -0.05) is 12.1 Å². The molecule has 0 saturated heterocycles. The van der Waals surface area contributed by atoms with E-state index in [1.54, 1.807) is 24.3 Å². The van der Waals surface area contributed by atoms with Crippen LogP contribution < -0.4 is 10.6 Å². The highest BCUT2D eigenvalue weighted by molar-refractivity contribution is 6.39. The lowest BCUT2D eigenvalue weighted by Gasteiger charge is -2.06. The van der Waals surface area contributed by atoms with Gasteiger partial charge in [0.25, 0.3) is 0 Å². The Kier molecular flexibility index (Phi) is 3.82. The summed E-state index contributed by atoms with van der Waals surface area (Å²) in [5.74, 6) is -1.22. The van der Waals surface area contributed by atoms with Crippen LogP contribution in [-0.2, 0) is 16.1 Å². The number of para-hydroxylation sites is 2. The van der Waals surface area contributed by atoms with E-state index in [4.69, 9.17) is 4.42 Å². The zero-order chi connectivity index (χ0) is 13.7. The summed E-state index contributed by atoms with van der Waals surface area (Å²) >= 11 is 0. The molecule has 6 nitrogen and oxygen atoms in total. The van der Waals surface area contributed by atoms with Gasteiger partial charge in [-0.15, -0.1) is 0 Å². The minimum atomic E-state index is -0.854. The third kappa shape index (κ3) is 3.35. The van der Waals surface area contributed by atoms with Crippen molar-refractivity contribution in [1.29, 1.82) is 0 Å². The predicted octanol–water partition coefficient (Wildman–Crippen LogP) is 1.24. The van der Waals surface area contributed by atoms with Gasteiger partial charge in [-0.2, -0.15) is 0 Å². The summed E-state index contributed by atoms with van der Waals surface area (Å²) < 4.78 is 5.01. The molecular weight excluding hydrogens is 248 g/mol. The van der Waals surface area contributed by atoms with Gasteiger partial charge in [0.1, 0.15) is 11.5 Å². The Hall–Kier alpha value is -2.76. The SMILES string of the molecule is O=C(NCc1ccco1)C(=O)Nc1ccccc1O. The van der Waals surface area contributed by atoms with Gasteiger partial charge in [-0.3, -0.25) is 9.59 Å². The Bertz CT molecular complexity index is 578. The largest absolute Gasteiger partial charge is 0.506 e. The Labute approximate surface area is 109 Å². The molecule has 0 aliphatic carbocycles. The van der Waals surface area contributed by atoms with Crippen LogP contribution in [0, 0.1) is 0 Å². The van der Waals surface area contributed by atoms with Crippen molar-refractivity contribution in [2.75, 3.05) is 5.32 Å². The number of phenols is 1. The number of benzene rings is 1. The molecule has 1 aromatic heterocycles. The zero-order valence-corrected chi connectivity index (χ0v) is 9.92. The number of furan rings is 1. The summed E-state index contributed by atoms with van der Waals surface area (Å²) in [4.78, 5) is 23.1. The quantitative estimate of drug-likeness (QED) is 0.572. The first-order valence-corrected chi connectivity index (χ1v) is 5.56. The molecule has 1 heterocycles. The third-order valence-electron chi connectivity index (χ3n) is 2.36. The van der Waals surface area contributed by atoms with Crippen LogP contribution in [0.3, 0.4) is 0 Å². The van der Waals surface area contributed by atoms with Crippen molar-refractivity contribution in [3.8, 4) is 5.75 Å². The van der Waals surface area contributed by atoms with Gasteiger partial charge in [-0.25, -0.2) is 0 Å². The molecule has 6 heteroatoms. The van der Waals surface area contributed by atoms with Crippen LogP contribution in [0.15, 0.2) is 47.1 Å². The lowest BCUT2D eigenvalue weighted by atomic mass is 10.3. The van der Waals surface area contributed by atoms with Gasteiger partial charge in [0.15, 0.2) is 0 Å². The number of nitrogens with one attached hydrogen (secondary N) is 2. The molecule has 0 saturated carbocycles. The van der Waals surface area contributed by atoms with Gasteiger partial charge >= 0.3 is 11.8 Å². The van der Waals surface area contributed by atoms with Crippen molar-refractivity contribution < 1.29 is 19.1 Å². The highest BCUT2D eigenvalue weighted by atomic mass is 16.3. The maximum atomic E-state index is 11.6. The zero-order valence-electron chi connectivity index (χ0n) is 9.92. The Morgan fingerprint density at radius 2 is 1.89 bits per heavy atom.